The number of carboxylic acids is 1. The lowest BCUT2D eigenvalue weighted by Gasteiger charge is -2.16. The lowest BCUT2D eigenvalue weighted by Crippen LogP contribution is -2.33. The average molecular weight is 291 g/mol. The molecule has 1 amide bonds. The Morgan fingerprint density at radius 2 is 2.00 bits per heavy atom. The van der Waals surface area contributed by atoms with Crippen LogP contribution in [-0.2, 0) is 14.3 Å². The number of aliphatic carboxylic acids is 1. The van der Waals surface area contributed by atoms with Gasteiger partial charge >= 0.3 is 5.97 Å². The molecule has 0 saturated carbocycles. The fourth-order valence-electron chi connectivity index (χ4n) is 2.69. The van der Waals surface area contributed by atoms with Crippen LogP contribution in [0.2, 0.25) is 0 Å². The number of carbonyl (C=O) groups is 2. The highest BCUT2D eigenvalue weighted by Gasteiger charge is 2.40. The third-order valence-corrected chi connectivity index (χ3v) is 3.79. The van der Waals surface area contributed by atoms with E-state index in [-0.39, 0.29) is 25.0 Å². The van der Waals surface area contributed by atoms with Gasteiger partial charge in [0.25, 0.3) is 0 Å². The Labute approximate surface area is 124 Å². The number of carbonyl (C=O) groups excluding carboxylic acids is 1. The molecule has 1 N–H and O–H groups in total. The molecule has 1 saturated heterocycles. The van der Waals surface area contributed by atoms with E-state index >= 15 is 0 Å². The molecule has 0 aromatic heterocycles. The molecular formula is C16H21NO4. The number of amides is 1. The first kappa shape index (κ1) is 15.5. The number of rotatable bonds is 6. The molecule has 0 spiro atoms. The molecule has 1 aliphatic heterocycles. The van der Waals surface area contributed by atoms with Gasteiger partial charge in [0.2, 0.25) is 5.91 Å². The van der Waals surface area contributed by atoms with E-state index in [1.54, 1.807) is 4.90 Å². The van der Waals surface area contributed by atoms with Crippen molar-refractivity contribution >= 4 is 11.9 Å². The summed E-state index contributed by atoms with van der Waals surface area (Å²) in [5, 5.41) is 9.39. The molecule has 2 rings (SSSR count). The second-order valence-electron chi connectivity index (χ2n) is 5.31. The van der Waals surface area contributed by atoms with Gasteiger partial charge in [-0.1, -0.05) is 37.3 Å². The van der Waals surface area contributed by atoms with Gasteiger partial charge < -0.3 is 14.7 Å². The maximum atomic E-state index is 12.1. The largest absolute Gasteiger partial charge is 0.481 e. The third-order valence-electron chi connectivity index (χ3n) is 3.79. The standard InChI is InChI=1S/C16H21NO4/c1-2-8-21-11-15(18)17-9-13(14(10-17)16(19)20)12-6-4-3-5-7-12/h3-7,13-14H,2,8-11H2,1H3,(H,19,20)/t13-,14+/m0/s1. The third kappa shape index (κ3) is 3.82. The van der Waals surface area contributed by atoms with Crippen LogP contribution in [0.1, 0.15) is 24.8 Å². The van der Waals surface area contributed by atoms with E-state index in [2.05, 4.69) is 0 Å². The fourth-order valence-corrected chi connectivity index (χ4v) is 2.69. The Morgan fingerprint density at radius 3 is 2.62 bits per heavy atom. The first-order valence-corrected chi connectivity index (χ1v) is 7.26. The molecule has 21 heavy (non-hydrogen) atoms. The minimum absolute atomic E-state index is 0.0295. The lowest BCUT2D eigenvalue weighted by atomic mass is 9.89. The molecule has 0 aliphatic carbocycles. The molecule has 0 bridgehead atoms. The van der Waals surface area contributed by atoms with Crippen LogP contribution in [0, 0.1) is 5.92 Å². The zero-order valence-electron chi connectivity index (χ0n) is 12.2. The van der Waals surface area contributed by atoms with Crippen molar-refractivity contribution < 1.29 is 19.4 Å². The van der Waals surface area contributed by atoms with Crippen LogP contribution in [0.25, 0.3) is 0 Å². The van der Waals surface area contributed by atoms with E-state index in [0.717, 1.165) is 12.0 Å². The molecule has 0 unspecified atom stereocenters. The fraction of sp³-hybridized carbons (Fsp3) is 0.500. The SMILES string of the molecule is CCCOCC(=O)N1C[C@@H](C(=O)O)[C@H](c2ccccc2)C1. The lowest BCUT2D eigenvalue weighted by molar-refractivity contribution is -0.142. The van der Waals surface area contributed by atoms with Crippen molar-refractivity contribution in [1.29, 1.82) is 0 Å². The molecule has 5 nitrogen and oxygen atoms in total. The quantitative estimate of drug-likeness (QED) is 0.811. The molecule has 5 heteroatoms. The summed E-state index contributed by atoms with van der Waals surface area (Å²) in [5.74, 6) is -1.69. The van der Waals surface area contributed by atoms with Crippen LogP contribution in [0.3, 0.4) is 0 Å². The van der Waals surface area contributed by atoms with Crippen LogP contribution < -0.4 is 0 Å². The number of carboxylic acid groups (broad SMARTS) is 1. The van der Waals surface area contributed by atoms with Crippen LogP contribution in [0.15, 0.2) is 30.3 Å². The van der Waals surface area contributed by atoms with Crippen molar-refractivity contribution in [1.82, 2.24) is 4.90 Å². The van der Waals surface area contributed by atoms with Gasteiger partial charge in [-0.05, 0) is 12.0 Å². The highest BCUT2D eigenvalue weighted by atomic mass is 16.5. The van der Waals surface area contributed by atoms with Gasteiger partial charge in [0.15, 0.2) is 0 Å². The first-order valence-electron chi connectivity index (χ1n) is 7.26. The van der Waals surface area contributed by atoms with E-state index in [1.807, 2.05) is 37.3 Å². The smallest absolute Gasteiger partial charge is 0.308 e. The number of ether oxygens (including phenoxy) is 1. The second-order valence-corrected chi connectivity index (χ2v) is 5.31. The Bertz CT molecular complexity index is 488. The number of hydrogen-bond acceptors (Lipinski definition) is 3. The van der Waals surface area contributed by atoms with Gasteiger partial charge in [-0.3, -0.25) is 9.59 Å². The van der Waals surface area contributed by atoms with Crippen molar-refractivity contribution in [2.75, 3.05) is 26.3 Å². The molecule has 1 heterocycles. The van der Waals surface area contributed by atoms with E-state index in [9.17, 15) is 14.7 Å². The van der Waals surface area contributed by atoms with Gasteiger partial charge in [0.1, 0.15) is 6.61 Å². The summed E-state index contributed by atoms with van der Waals surface area (Å²) in [4.78, 5) is 25.1. The van der Waals surface area contributed by atoms with Crippen molar-refractivity contribution in [3.63, 3.8) is 0 Å². The summed E-state index contributed by atoms with van der Waals surface area (Å²) in [6.07, 6.45) is 0.859. The van der Waals surface area contributed by atoms with Crippen LogP contribution in [0.5, 0.6) is 0 Å². The van der Waals surface area contributed by atoms with E-state index in [1.165, 1.54) is 0 Å². The topological polar surface area (TPSA) is 66.8 Å². The zero-order chi connectivity index (χ0) is 15.2. The molecule has 1 aliphatic rings. The summed E-state index contributed by atoms with van der Waals surface area (Å²) < 4.78 is 5.26. The maximum Gasteiger partial charge on any atom is 0.308 e. The Hall–Kier alpha value is -1.88. The van der Waals surface area contributed by atoms with Gasteiger partial charge in [-0.15, -0.1) is 0 Å². The minimum atomic E-state index is -0.853. The molecule has 114 valence electrons. The first-order chi connectivity index (χ1) is 10.1. The number of nitrogens with zero attached hydrogens (tertiary/aromatic N) is 1. The summed E-state index contributed by atoms with van der Waals surface area (Å²) in [7, 11) is 0. The minimum Gasteiger partial charge on any atom is -0.481 e. The summed E-state index contributed by atoms with van der Waals surface area (Å²) in [6.45, 7) is 3.25. The van der Waals surface area contributed by atoms with Crippen LogP contribution in [-0.4, -0.2) is 48.2 Å². The van der Waals surface area contributed by atoms with Crippen LogP contribution in [0.4, 0.5) is 0 Å². The average Bonchev–Trinajstić information content (AvgIpc) is 2.94. The molecule has 1 aromatic rings. The number of hydrogen-bond donors (Lipinski definition) is 1. The van der Waals surface area contributed by atoms with Crippen molar-refractivity contribution in [2.24, 2.45) is 5.92 Å². The highest BCUT2D eigenvalue weighted by molar-refractivity contribution is 5.80. The highest BCUT2D eigenvalue weighted by Crippen LogP contribution is 2.32. The Balaban J connectivity index is 2.05. The monoisotopic (exact) mass is 291 g/mol. The van der Waals surface area contributed by atoms with Crippen molar-refractivity contribution in [2.45, 2.75) is 19.3 Å². The Morgan fingerprint density at radius 1 is 1.29 bits per heavy atom. The molecule has 1 fully saturated rings. The van der Waals surface area contributed by atoms with Crippen molar-refractivity contribution in [3.05, 3.63) is 35.9 Å². The zero-order valence-corrected chi connectivity index (χ0v) is 12.2. The van der Waals surface area contributed by atoms with Gasteiger partial charge in [0.05, 0.1) is 5.92 Å². The molecule has 1 aromatic carbocycles. The van der Waals surface area contributed by atoms with E-state index in [4.69, 9.17) is 4.74 Å². The van der Waals surface area contributed by atoms with Gasteiger partial charge in [0, 0.05) is 25.6 Å². The Kier molecular flexibility index (Phi) is 5.33. The second kappa shape index (κ2) is 7.22. The summed E-state index contributed by atoms with van der Waals surface area (Å²) in [5.41, 5.74) is 0.967. The van der Waals surface area contributed by atoms with E-state index in [0.29, 0.717) is 13.2 Å². The summed E-state index contributed by atoms with van der Waals surface area (Å²) >= 11 is 0. The molecule has 2 atom stereocenters. The number of benzene rings is 1. The van der Waals surface area contributed by atoms with Crippen molar-refractivity contribution in [3.8, 4) is 0 Å². The summed E-state index contributed by atoms with van der Waals surface area (Å²) in [6, 6.07) is 9.52. The number of likely N-dealkylation sites (tertiary alicyclic amines) is 1. The van der Waals surface area contributed by atoms with E-state index < -0.39 is 11.9 Å². The predicted octanol–water partition coefficient (Wildman–Crippen LogP) is 1.74. The molecular weight excluding hydrogens is 270 g/mol. The van der Waals surface area contributed by atoms with Gasteiger partial charge in [-0.25, -0.2) is 0 Å². The normalized spacial score (nSPS) is 21.5. The van der Waals surface area contributed by atoms with Gasteiger partial charge in [-0.2, -0.15) is 0 Å². The molecule has 0 radical (unpaired) electrons. The predicted molar refractivity (Wildman–Crippen MR) is 78.0 cm³/mol. The maximum absolute atomic E-state index is 12.1. The van der Waals surface area contributed by atoms with Crippen LogP contribution >= 0.6 is 0 Å².